The molecule has 140 valence electrons. The molecule has 2 fully saturated rings. The van der Waals surface area contributed by atoms with Crippen LogP contribution in [0.4, 0.5) is 0 Å². The van der Waals surface area contributed by atoms with Gasteiger partial charge in [-0.3, -0.25) is 9.69 Å². The van der Waals surface area contributed by atoms with Crippen molar-refractivity contribution in [2.24, 2.45) is 0 Å². The summed E-state index contributed by atoms with van der Waals surface area (Å²) >= 11 is 1.48. The Morgan fingerprint density at radius 1 is 1.19 bits per heavy atom. The van der Waals surface area contributed by atoms with Crippen molar-refractivity contribution >= 4 is 23.6 Å². The Morgan fingerprint density at radius 3 is 2.50 bits per heavy atom. The van der Waals surface area contributed by atoms with Crippen molar-refractivity contribution in [1.82, 2.24) is 9.80 Å². The molecule has 0 spiro atoms. The number of piperidine rings is 1. The fraction of sp³-hybridized carbons (Fsp3) is 0.500. The van der Waals surface area contributed by atoms with Crippen LogP contribution >= 0.6 is 11.8 Å². The van der Waals surface area contributed by atoms with Gasteiger partial charge in [0.05, 0.1) is 17.7 Å². The largest absolute Gasteiger partial charge is 0.463 e. The first-order valence-corrected chi connectivity index (χ1v) is 10.1. The normalized spacial score (nSPS) is 25.7. The van der Waals surface area contributed by atoms with Gasteiger partial charge in [0.2, 0.25) is 0 Å². The number of rotatable bonds is 5. The lowest BCUT2D eigenvalue weighted by molar-refractivity contribution is -0.137. The summed E-state index contributed by atoms with van der Waals surface area (Å²) in [5.41, 5.74) is 0.975. The summed E-state index contributed by atoms with van der Waals surface area (Å²) in [7, 11) is 0. The summed E-state index contributed by atoms with van der Waals surface area (Å²) in [5.74, 6) is -0.364. The van der Waals surface area contributed by atoms with Crippen LogP contribution in [0.15, 0.2) is 41.4 Å². The van der Waals surface area contributed by atoms with Crippen molar-refractivity contribution in [2.75, 3.05) is 26.2 Å². The van der Waals surface area contributed by atoms with Gasteiger partial charge in [0.25, 0.3) is 5.91 Å². The zero-order valence-corrected chi connectivity index (χ0v) is 16.3. The maximum Gasteiger partial charge on any atom is 0.333 e. The number of hydrogen-bond acceptors (Lipinski definition) is 5. The number of likely N-dealkylation sites (tertiary alicyclic amines) is 1. The fourth-order valence-corrected chi connectivity index (χ4v) is 5.21. The maximum absolute atomic E-state index is 13.6. The van der Waals surface area contributed by atoms with Gasteiger partial charge in [0, 0.05) is 19.6 Å². The van der Waals surface area contributed by atoms with Crippen molar-refractivity contribution < 1.29 is 14.3 Å². The van der Waals surface area contributed by atoms with E-state index in [1.54, 1.807) is 11.8 Å². The van der Waals surface area contributed by atoms with Gasteiger partial charge in [0.15, 0.2) is 4.87 Å². The van der Waals surface area contributed by atoms with E-state index in [-0.39, 0.29) is 5.91 Å². The van der Waals surface area contributed by atoms with Crippen LogP contribution in [-0.2, 0) is 19.2 Å². The number of carbonyl (C=O) groups excluding carboxylic acids is 2. The van der Waals surface area contributed by atoms with Gasteiger partial charge >= 0.3 is 5.97 Å². The molecular weight excluding hydrogens is 348 g/mol. The van der Waals surface area contributed by atoms with Crippen LogP contribution < -0.4 is 0 Å². The second kappa shape index (κ2) is 8.27. The summed E-state index contributed by atoms with van der Waals surface area (Å²) in [6, 6.07) is 9.93. The molecule has 1 aromatic rings. The van der Waals surface area contributed by atoms with E-state index in [1.165, 1.54) is 24.3 Å². The summed E-state index contributed by atoms with van der Waals surface area (Å²) < 4.78 is 5.07. The molecule has 5 nitrogen and oxygen atoms in total. The Morgan fingerprint density at radius 2 is 1.88 bits per heavy atom. The van der Waals surface area contributed by atoms with Crippen molar-refractivity contribution in [3.8, 4) is 0 Å². The van der Waals surface area contributed by atoms with Crippen LogP contribution in [0.3, 0.4) is 0 Å². The molecule has 2 aliphatic rings. The lowest BCUT2D eigenvalue weighted by Crippen LogP contribution is -2.52. The molecule has 0 aromatic heterocycles. The molecule has 0 N–H and O–H groups in total. The van der Waals surface area contributed by atoms with E-state index < -0.39 is 10.8 Å². The van der Waals surface area contributed by atoms with E-state index in [2.05, 4.69) is 4.90 Å². The highest BCUT2D eigenvalue weighted by molar-refractivity contribution is 8.05. The second-order valence-electron chi connectivity index (χ2n) is 6.44. The molecule has 2 heterocycles. The highest BCUT2D eigenvalue weighted by Gasteiger charge is 2.55. The van der Waals surface area contributed by atoms with Gasteiger partial charge in [-0.05, 0) is 32.3 Å². The SMILES string of the molecule is CCOC(=O)/C=C1\SC(c2ccccc2)(N2CCCCC2)C(=O)N1CC. The van der Waals surface area contributed by atoms with Crippen LogP contribution in [0.25, 0.3) is 0 Å². The molecular formula is C20H26N2O3S. The predicted molar refractivity (Wildman–Crippen MR) is 103 cm³/mol. The van der Waals surface area contributed by atoms with Crippen LogP contribution in [0.1, 0.15) is 38.7 Å². The molecule has 1 unspecified atom stereocenters. The van der Waals surface area contributed by atoms with Gasteiger partial charge in [-0.2, -0.15) is 0 Å². The number of likely N-dealkylation sites (N-methyl/N-ethyl adjacent to an activating group) is 1. The van der Waals surface area contributed by atoms with E-state index >= 15 is 0 Å². The van der Waals surface area contributed by atoms with Crippen molar-refractivity contribution in [2.45, 2.75) is 38.0 Å². The minimum absolute atomic E-state index is 0.0358. The number of carbonyl (C=O) groups is 2. The van der Waals surface area contributed by atoms with E-state index in [0.29, 0.717) is 18.2 Å². The molecule has 6 heteroatoms. The number of nitrogens with zero attached hydrogens (tertiary/aromatic N) is 2. The number of ether oxygens (including phenoxy) is 1. The predicted octanol–water partition coefficient (Wildman–Crippen LogP) is 3.33. The quantitative estimate of drug-likeness (QED) is 0.584. The molecule has 0 radical (unpaired) electrons. The van der Waals surface area contributed by atoms with Gasteiger partial charge in [-0.15, -0.1) is 0 Å². The molecule has 1 aromatic carbocycles. The summed E-state index contributed by atoms with van der Waals surface area (Å²) in [6.45, 7) is 6.34. The van der Waals surface area contributed by atoms with E-state index in [1.807, 2.05) is 37.3 Å². The number of benzene rings is 1. The lowest BCUT2D eigenvalue weighted by atomic mass is 9.99. The standard InChI is InChI=1S/C20H26N2O3S/c1-3-22-17(15-18(23)25-4-2)26-20(19(22)24,16-11-7-5-8-12-16)21-13-9-6-10-14-21/h5,7-8,11-12,15H,3-4,6,9-10,13-14H2,1-2H3/b17-15-. The third-order valence-electron chi connectivity index (χ3n) is 4.86. The first kappa shape index (κ1) is 19.0. The van der Waals surface area contributed by atoms with Gasteiger partial charge in [0.1, 0.15) is 0 Å². The Balaban J connectivity index is 2.06. The summed E-state index contributed by atoms with van der Waals surface area (Å²) in [6.07, 6.45) is 4.84. The Hall–Kier alpha value is -1.79. The maximum atomic E-state index is 13.6. The zero-order chi connectivity index (χ0) is 18.6. The highest BCUT2D eigenvalue weighted by Crippen LogP contribution is 2.53. The van der Waals surface area contributed by atoms with Gasteiger partial charge in [-0.25, -0.2) is 4.79 Å². The molecule has 1 amide bonds. The molecule has 2 saturated heterocycles. The second-order valence-corrected chi connectivity index (χ2v) is 7.66. The minimum Gasteiger partial charge on any atom is -0.463 e. The van der Waals surface area contributed by atoms with Gasteiger partial charge < -0.3 is 9.64 Å². The number of esters is 1. The topological polar surface area (TPSA) is 49.9 Å². The summed E-state index contributed by atoms with van der Waals surface area (Å²) in [4.78, 5) is 28.8. The Bertz CT molecular complexity index is 686. The molecule has 2 aliphatic heterocycles. The Kier molecular flexibility index (Phi) is 6.04. The number of amides is 1. The monoisotopic (exact) mass is 374 g/mol. The zero-order valence-electron chi connectivity index (χ0n) is 15.4. The average Bonchev–Trinajstić information content (AvgIpc) is 2.95. The van der Waals surface area contributed by atoms with Crippen molar-refractivity contribution in [1.29, 1.82) is 0 Å². The fourth-order valence-electron chi connectivity index (χ4n) is 3.66. The van der Waals surface area contributed by atoms with Crippen molar-refractivity contribution in [3.63, 3.8) is 0 Å². The molecule has 0 saturated carbocycles. The molecule has 0 bridgehead atoms. The van der Waals surface area contributed by atoms with Crippen molar-refractivity contribution in [3.05, 3.63) is 47.0 Å². The van der Waals surface area contributed by atoms with E-state index in [9.17, 15) is 9.59 Å². The highest BCUT2D eigenvalue weighted by atomic mass is 32.2. The first-order valence-electron chi connectivity index (χ1n) is 9.33. The van der Waals surface area contributed by atoms with E-state index in [4.69, 9.17) is 4.74 Å². The Labute approximate surface area is 159 Å². The first-order chi connectivity index (χ1) is 12.6. The van der Waals surface area contributed by atoms with Crippen LogP contribution in [0, 0.1) is 0 Å². The van der Waals surface area contributed by atoms with E-state index in [0.717, 1.165) is 31.5 Å². The minimum atomic E-state index is -0.796. The van der Waals surface area contributed by atoms with Crippen LogP contribution in [0.2, 0.25) is 0 Å². The molecule has 26 heavy (non-hydrogen) atoms. The smallest absolute Gasteiger partial charge is 0.333 e. The molecule has 3 rings (SSSR count). The van der Waals surface area contributed by atoms with Crippen LogP contribution in [-0.4, -0.2) is 47.9 Å². The summed E-state index contributed by atoms with van der Waals surface area (Å²) in [5, 5.41) is 0.672. The van der Waals surface area contributed by atoms with Gasteiger partial charge in [-0.1, -0.05) is 48.5 Å². The molecule has 0 aliphatic carbocycles. The average molecular weight is 375 g/mol. The number of hydrogen-bond donors (Lipinski definition) is 0. The molecule has 1 atom stereocenters. The van der Waals surface area contributed by atoms with Crippen LogP contribution in [0.5, 0.6) is 0 Å². The third kappa shape index (κ3) is 3.40. The lowest BCUT2D eigenvalue weighted by Gasteiger charge is -2.40. The number of thioether (sulfide) groups is 1. The third-order valence-corrected chi connectivity index (χ3v) is 6.38.